The smallest absolute Gasteiger partial charge is 0.124 e. The fraction of sp³-hybridized carbons (Fsp3) is 0.571. The van der Waals surface area contributed by atoms with Crippen LogP contribution in [-0.2, 0) is 0 Å². The molecule has 88 valence electrons. The Balaban J connectivity index is 2.09. The monoisotopic (exact) mass is 219 g/mol. The second-order valence-corrected chi connectivity index (χ2v) is 4.54. The van der Waals surface area contributed by atoms with Crippen LogP contribution < -0.4 is 10.1 Å². The van der Waals surface area contributed by atoms with E-state index in [1.54, 1.807) is 0 Å². The second-order valence-electron chi connectivity index (χ2n) is 4.54. The Kier molecular flexibility index (Phi) is 3.83. The highest BCUT2D eigenvalue weighted by Gasteiger charge is 2.20. The van der Waals surface area contributed by atoms with Crippen LogP contribution in [0.5, 0.6) is 5.75 Å². The van der Waals surface area contributed by atoms with Crippen molar-refractivity contribution < 1.29 is 4.74 Å². The van der Waals surface area contributed by atoms with E-state index in [0.29, 0.717) is 6.04 Å². The zero-order valence-electron chi connectivity index (χ0n) is 10.3. The minimum atomic E-state index is 0.482. The van der Waals surface area contributed by atoms with E-state index in [1.165, 1.54) is 24.0 Å². The van der Waals surface area contributed by atoms with E-state index in [-0.39, 0.29) is 0 Å². The molecule has 1 heterocycles. The zero-order valence-corrected chi connectivity index (χ0v) is 10.3. The first-order chi connectivity index (χ1) is 7.81. The number of nitrogens with one attached hydrogen (secondary N) is 1. The summed E-state index contributed by atoms with van der Waals surface area (Å²) in [6.45, 7) is 6.30. The topological polar surface area (TPSA) is 21.3 Å². The van der Waals surface area contributed by atoms with Crippen LogP contribution in [0, 0.1) is 6.92 Å². The number of aryl methyl sites for hydroxylation is 1. The van der Waals surface area contributed by atoms with E-state index in [2.05, 4.69) is 37.4 Å². The Morgan fingerprint density at radius 2 is 2.31 bits per heavy atom. The summed E-state index contributed by atoms with van der Waals surface area (Å²) in [6, 6.07) is 6.94. The minimum absolute atomic E-state index is 0.482. The van der Waals surface area contributed by atoms with Crippen molar-refractivity contribution in [1.29, 1.82) is 0 Å². The molecule has 16 heavy (non-hydrogen) atoms. The van der Waals surface area contributed by atoms with Crippen LogP contribution in [-0.4, -0.2) is 13.2 Å². The van der Waals surface area contributed by atoms with E-state index in [9.17, 15) is 0 Å². The van der Waals surface area contributed by atoms with Gasteiger partial charge >= 0.3 is 0 Å². The van der Waals surface area contributed by atoms with Gasteiger partial charge < -0.3 is 10.1 Å². The third-order valence-corrected chi connectivity index (χ3v) is 3.13. The van der Waals surface area contributed by atoms with E-state index in [0.717, 1.165) is 25.3 Å². The first-order valence-electron chi connectivity index (χ1n) is 6.28. The molecule has 0 aliphatic carbocycles. The third kappa shape index (κ3) is 2.56. The molecule has 1 aliphatic rings. The molecule has 2 nitrogen and oxygen atoms in total. The zero-order chi connectivity index (χ0) is 11.4. The standard InChI is InChI=1S/C14H21NO/c1-3-4-8-15-13-7-9-16-14-6-5-11(2)10-12(13)14/h5-6,10,13,15H,3-4,7-9H2,1-2H3. The van der Waals surface area contributed by atoms with Crippen molar-refractivity contribution in [2.24, 2.45) is 0 Å². The SMILES string of the molecule is CCCCNC1CCOc2ccc(C)cc21. The summed E-state index contributed by atoms with van der Waals surface area (Å²) in [6.07, 6.45) is 3.58. The molecule has 1 aromatic rings. The molecule has 2 rings (SSSR count). The van der Waals surface area contributed by atoms with Crippen LogP contribution in [0.4, 0.5) is 0 Å². The Morgan fingerprint density at radius 1 is 1.44 bits per heavy atom. The van der Waals surface area contributed by atoms with Crippen LogP contribution in [0.2, 0.25) is 0 Å². The maximum absolute atomic E-state index is 5.67. The predicted octanol–water partition coefficient (Wildman–Crippen LogP) is 3.21. The second kappa shape index (κ2) is 5.35. The Labute approximate surface area is 98.0 Å². The van der Waals surface area contributed by atoms with Crippen LogP contribution in [0.3, 0.4) is 0 Å². The fourth-order valence-electron chi connectivity index (χ4n) is 2.18. The lowest BCUT2D eigenvalue weighted by atomic mass is 9.98. The first-order valence-corrected chi connectivity index (χ1v) is 6.28. The van der Waals surface area contributed by atoms with Gasteiger partial charge in [-0.2, -0.15) is 0 Å². The van der Waals surface area contributed by atoms with Gasteiger partial charge in [0.15, 0.2) is 0 Å². The number of unbranched alkanes of at least 4 members (excludes halogenated alkanes) is 1. The largest absolute Gasteiger partial charge is 0.493 e. The molecule has 0 saturated carbocycles. The molecule has 1 aromatic carbocycles. The van der Waals surface area contributed by atoms with Crippen molar-refractivity contribution in [2.75, 3.05) is 13.2 Å². The normalized spacial score (nSPS) is 19.0. The van der Waals surface area contributed by atoms with Crippen LogP contribution in [0.25, 0.3) is 0 Å². The predicted molar refractivity (Wildman–Crippen MR) is 66.9 cm³/mol. The van der Waals surface area contributed by atoms with Gasteiger partial charge in [-0.1, -0.05) is 31.0 Å². The molecule has 1 atom stereocenters. The summed E-state index contributed by atoms with van der Waals surface area (Å²) in [7, 11) is 0. The van der Waals surface area contributed by atoms with E-state index in [4.69, 9.17) is 4.74 Å². The van der Waals surface area contributed by atoms with Crippen LogP contribution >= 0.6 is 0 Å². The molecule has 0 saturated heterocycles. The highest BCUT2D eigenvalue weighted by molar-refractivity contribution is 5.40. The summed E-state index contributed by atoms with van der Waals surface area (Å²) in [5.41, 5.74) is 2.65. The van der Waals surface area contributed by atoms with E-state index in [1.807, 2.05) is 0 Å². The molecule has 2 heteroatoms. The van der Waals surface area contributed by atoms with Gasteiger partial charge in [-0.3, -0.25) is 0 Å². The molecule has 0 bridgehead atoms. The van der Waals surface area contributed by atoms with Gasteiger partial charge in [0, 0.05) is 18.0 Å². The molecule has 0 radical (unpaired) electrons. The van der Waals surface area contributed by atoms with Crippen LogP contribution in [0.1, 0.15) is 43.4 Å². The molecule has 1 aliphatic heterocycles. The third-order valence-electron chi connectivity index (χ3n) is 3.13. The number of hydrogen-bond acceptors (Lipinski definition) is 2. The van der Waals surface area contributed by atoms with Gasteiger partial charge in [0.1, 0.15) is 5.75 Å². The van der Waals surface area contributed by atoms with Crippen molar-refractivity contribution in [3.63, 3.8) is 0 Å². The lowest BCUT2D eigenvalue weighted by Crippen LogP contribution is -2.27. The quantitative estimate of drug-likeness (QED) is 0.785. The summed E-state index contributed by atoms with van der Waals surface area (Å²) >= 11 is 0. The Bertz CT molecular complexity index is 349. The fourth-order valence-corrected chi connectivity index (χ4v) is 2.18. The molecule has 1 N–H and O–H groups in total. The molecule has 0 amide bonds. The molecule has 1 unspecified atom stereocenters. The summed E-state index contributed by atoms with van der Waals surface area (Å²) < 4.78 is 5.67. The average molecular weight is 219 g/mol. The number of benzene rings is 1. The van der Waals surface area contributed by atoms with Crippen molar-refractivity contribution in [1.82, 2.24) is 5.32 Å². The van der Waals surface area contributed by atoms with E-state index >= 15 is 0 Å². The van der Waals surface area contributed by atoms with Crippen molar-refractivity contribution in [2.45, 2.75) is 39.2 Å². The number of hydrogen-bond donors (Lipinski definition) is 1. The molecule has 0 aromatic heterocycles. The lowest BCUT2D eigenvalue weighted by molar-refractivity contribution is 0.252. The number of fused-ring (bicyclic) bond motifs is 1. The Morgan fingerprint density at radius 3 is 3.12 bits per heavy atom. The average Bonchev–Trinajstić information content (AvgIpc) is 2.30. The van der Waals surface area contributed by atoms with Gasteiger partial charge in [0.25, 0.3) is 0 Å². The molecule has 0 fully saturated rings. The summed E-state index contributed by atoms with van der Waals surface area (Å²) in [4.78, 5) is 0. The summed E-state index contributed by atoms with van der Waals surface area (Å²) in [5, 5.41) is 3.63. The van der Waals surface area contributed by atoms with Gasteiger partial charge in [0.2, 0.25) is 0 Å². The highest BCUT2D eigenvalue weighted by atomic mass is 16.5. The van der Waals surface area contributed by atoms with Crippen molar-refractivity contribution >= 4 is 0 Å². The van der Waals surface area contributed by atoms with Gasteiger partial charge in [0.05, 0.1) is 6.61 Å². The molecular weight excluding hydrogens is 198 g/mol. The van der Waals surface area contributed by atoms with Gasteiger partial charge in [-0.25, -0.2) is 0 Å². The highest BCUT2D eigenvalue weighted by Crippen LogP contribution is 2.32. The number of rotatable bonds is 4. The van der Waals surface area contributed by atoms with Gasteiger partial charge in [-0.15, -0.1) is 0 Å². The maximum atomic E-state index is 5.67. The molecular formula is C14H21NO. The minimum Gasteiger partial charge on any atom is -0.493 e. The van der Waals surface area contributed by atoms with E-state index < -0.39 is 0 Å². The van der Waals surface area contributed by atoms with Crippen molar-refractivity contribution in [3.05, 3.63) is 29.3 Å². The summed E-state index contributed by atoms with van der Waals surface area (Å²) in [5.74, 6) is 1.06. The maximum Gasteiger partial charge on any atom is 0.124 e. The Hall–Kier alpha value is -1.02. The lowest BCUT2D eigenvalue weighted by Gasteiger charge is -2.27. The first kappa shape index (κ1) is 11.5. The van der Waals surface area contributed by atoms with Crippen LogP contribution in [0.15, 0.2) is 18.2 Å². The van der Waals surface area contributed by atoms with Crippen molar-refractivity contribution in [3.8, 4) is 5.75 Å². The number of ether oxygens (including phenoxy) is 1. The van der Waals surface area contributed by atoms with Gasteiger partial charge in [-0.05, 0) is 26.0 Å². The molecule has 0 spiro atoms.